The fourth-order valence-electron chi connectivity index (χ4n) is 2.15. The number of ether oxygens (including phenoxy) is 1. The molecule has 0 unspecified atom stereocenters. The number of rotatable bonds is 4. The number of ketones is 1. The maximum atomic E-state index is 12.0. The normalized spacial score (nSPS) is 18.2. The fraction of sp³-hybridized carbons (Fsp3) is 0.846. The summed E-state index contributed by atoms with van der Waals surface area (Å²) in [6, 6.07) is 0. The molecule has 0 atom stereocenters. The van der Waals surface area contributed by atoms with Gasteiger partial charge in [0, 0.05) is 25.0 Å². The van der Waals surface area contributed by atoms with Crippen LogP contribution in [0.4, 0.5) is 0 Å². The third-order valence-corrected chi connectivity index (χ3v) is 3.17. The number of Topliss-reactive ketones (excluding diaryl/α,β-unsaturated/α-hetero) is 1. The lowest BCUT2D eigenvalue weighted by atomic mass is 9.89. The highest BCUT2D eigenvalue weighted by atomic mass is 16.5. The first-order chi connectivity index (χ1) is 7.84. The Morgan fingerprint density at radius 1 is 1.24 bits per heavy atom. The standard InChI is InChI=1S/C13H23NO3/c1-9(2)11(15)13(3,4)14-12(16)10-5-7-17-8-6-10/h9-10H,5-8H2,1-4H3,(H,14,16). The number of carbonyl (C=O) groups excluding carboxylic acids is 2. The Morgan fingerprint density at radius 3 is 2.24 bits per heavy atom. The Hall–Kier alpha value is -0.900. The molecule has 0 spiro atoms. The zero-order valence-corrected chi connectivity index (χ0v) is 11.2. The highest BCUT2D eigenvalue weighted by molar-refractivity contribution is 5.93. The number of carbonyl (C=O) groups is 2. The molecule has 0 saturated carbocycles. The van der Waals surface area contributed by atoms with Gasteiger partial charge in [-0.2, -0.15) is 0 Å². The zero-order valence-electron chi connectivity index (χ0n) is 11.2. The molecular weight excluding hydrogens is 218 g/mol. The van der Waals surface area contributed by atoms with Gasteiger partial charge in [-0.05, 0) is 26.7 Å². The second-order valence-corrected chi connectivity index (χ2v) is 5.52. The molecule has 0 aliphatic carbocycles. The predicted octanol–water partition coefficient (Wildman–Crippen LogP) is 1.53. The van der Waals surface area contributed by atoms with Gasteiger partial charge >= 0.3 is 0 Å². The molecule has 1 heterocycles. The van der Waals surface area contributed by atoms with Gasteiger partial charge in [0.25, 0.3) is 0 Å². The lowest BCUT2D eigenvalue weighted by molar-refractivity contribution is -0.136. The molecule has 1 saturated heterocycles. The van der Waals surface area contributed by atoms with E-state index in [0.29, 0.717) is 13.2 Å². The number of hydrogen-bond donors (Lipinski definition) is 1. The molecule has 1 fully saturated rings. The van der Waals surface area contributed by atoms with E-state index >= 15 is 0 Å². The number of hydrogen-bond acceptors (Lipinski definition) is 3. The molecule has 0 aromatic carbocycles. The van der Waals surface area contributed by atoms with Crippen molar-refractivity contribution in [1.82, 2.24) is 5.32 Å². The molecule has 4 heteroatoms. The quantitative estimate of drug-likeness (QED) is 0.812. The summed E-state index contributed by atoms with van der Waals surface area (Å²) in [7, 11) is 0. The molecule has 0 aromatic rings. The van der Waals surface area contributed by atoms with Gasteiger partial charge in [0.15, 0.2) is 5.78 Å². The van der Waals surface area contributed by atoms with E-state index in [0.717, 1.165) is 12.8 Å². The third kappa shape index (κ3) is 3.80. The lowest BCUT2D eigenvalue weighted by Crippen LogP contribution is -2.53. The van der Waals surface area contributed by atoms with E-state index in [1.54, 1.807) is 13.8 Å². The Balaban J connectivity index is 2.57. The zero-order chi connectivity index (χ0) is 13.1. The Morgan fingerprint density at radius 2 is 1.76 bits per heavy atom. The first kappa shape index (κ1) is 14.2. The van der Waals surface area contributed by atoms with Gasteiger partial charge in [-0.1, -0.05) is 13.8 Å². The Labute approximate surface area is 103 Å². The molecule has 1 amide bonds. The fourth-order valence-corrected chi connectivity index (χ4v) is 2.15. The van der Waals surface area contributed by atoms with Crippen LogP contribution in [-0.4, -0.2) is 30.4 Å². The second kappa shape index (κ2) is 5.63. The van der Waals surface area contributed by atoms with Crippen molar-refractivity contribution in [1.29, 1.82) is 0 Å². The summed E-state index contributed by atoms with van der Waals surface area (Å²) in [6.45, 7) is 8.52. The number of nitrogens with one attached hydrogen (secondary N) is 1. The van der Waals surface area contributed by atoms with Crippen LogP contribution in [0.15, 0.2) is 0 Å². The van der Waals surface area contributed by atoms with Crippen molar-refractivity contribution < 1.29 is 14.3 Å². The molecule has 98 valence electrons. The average Bonchev–Trinajstić information content (AvgIpc) is 2.28. The monoisotopic (exact) mass is 241 g/mol. The first-order valence-corrected chi connectivity index (χ1v) is 6.28. The topological polar surface area (TPSA) is 55.4 Å². The van der Waals surface area contributed by atoms with E-state index < -0.39 is 5.54 Å². The molecule has 1 aliphatic heterocycles. The molecule has 4 nitrogen and oxygen atoms in total. The molecular formula is C13H23NO3. The Bertz CT molecular complexity index is 291. The van der Waals surface area contributed by atoms with Gasteiger partial charge < -0.3 is 10.1 Å². The van der Waals surface area contributed by atoms with Crippen LogP contribution >= 0.6 is 0 Å². The van der Waals surface area contributed by atoms with E-state index in [1.165, 1.54) is 0 Å². The van der Waals surface area contributed by atoms with Crippen LogP contribution in [0.2, 0.25) is 0 Å². The van der Waals surface area contributed by atoms with Crippen LogP contribution in [0.25, 0.3) is 0 Å². The summed E-state index contributed by atoms with van der Waals surface area (Å²) in [6.07, 6.45) is 1.50. The summed E-state index contributed by atoms with van der Waals surface area (Å²) in [5.74, 6) is -0.0341. The van der Waals surface area contributed by atoms with E-state index in [2.05, 4.69) is 5.32 Å². The molecule has 1 rings (SSSR count). The van der Waals surface area contributed by atoms with Gasteiger partial charge in [-0.3, -0.25) is 9.59 Å². The van der Waals surface area contributed by atoms with Crippen molar-refractivity contribution in [2.24, 2.45) is 11.8 Å². The van der Waals surface area contributed by atoms with Gasteiger partial charge in [0.05, 0.1) is 5.54 Å². The van der Waals surface area contributed by atoms with E-state index in [-0.39, 0.29) is 23.5 Å². The highest BCUT2D eigenvalue weighted by Crippen LogP contribution is 2.18. The summed E-state index contributed by atoms with van der Waals surface area (Å²) >= 11 is 0. The maximum absolute atomic E-state index is 12.0. The lowest BCUT2D eigenvalue weighted by Gasteiger charge is -2.30. The minimum absolute atomic E-state index is 0.0111. The van der Waals surface area contributed by atoms with Crippen LogP contribution in [0.1, 0.15) is 40.5 Å². The minimum atomic E-state index is -0.774. The van der Waals surface area contributed by atoms with E-state index in [4.69, 9.17) is 4.74 Å². The largest absolute Gasteiger partial charge is 0.381 e. The van der Waals surface area contributed by atoms with Crippen molar-refractivity contribution in [2.45, 2.75) is 46.1 Å². The Kier molecular flexibility index (Phi) is 4.69. The van der Waals surface area contributed by atoms with Crippen LogP contribution in [0.3, 0.4) is 0 Å². The minimum Gasteiger partial charge on any atom is -0.381 e. The van der Waals surface area contributed by atoms with Crippen LogP contribution in [-0.2, 0) is 14.3 Å². The van der Waals surface area contributed by atoms with Crippen molar-refractivity contribution in [2.75, 3.05) is 13.2 Å². The first-order valence-electron chi connectivity index (χ1n) is 6.28. The molecule has 17 heavy (non-hydrogen) atoms. The second-order valence-electron chi connectivity index (χ2n) is 5.52. The van der Waals surface area contributed by atoms with Gasteiger partial charge in [0.1, 0.15) is 0 Å². The van der Waals surface area contributed by atoms with Crippen molar-refractivity contribution in [3.63, 3.8) is 0 Å². The molecule has 0 radical (unpaired) electrons. The molecule has 1 aliphatic rings. The molecule has 0 bridgehead atoms. The summed E-state index contributed by atoms with van der Waals surface area (Å²) < 4.78 is 5.22. The molecule has 1 N–H and O–H groups in total. The van der Waals surface area contributed by atoms with Crippen molar-refractivity contribution >= 4 is 11.7 Å². The van der Waals surface area contributed by atoms with Gasteiger partial charge in [-0.25, -0.2) is 0 Å². The SMILES string of the molecule is CC(C)C(=O)C(C)(C)NC(=O)C1CCOCC1. The summed E-state index contributed by atoms with van der Waals surface area (Å²) in [5, 5.41) is 2.86. The van der Waals surface area contributed by atoms with Gasteiger partial charge in [-0.15, -0.1) is 0 Å². The summed E-state index contributed by atoms with van der Waals surface area (Å²) in [4.78, 5) is 24.0. The summed E-state index contributed by atoms with van der Waals surface area (Å²) in [5.41, 5.74) is -0.774. The maximum Gasteiger partial charge on any atom is 0.224 e. The highest BCUT2D eigenvalue weighted by Gasteiger charge is 2.33. The predicted molar refractivity (Wildman–Crippen MR) is 65.6 cm³/mol. The van der Waals surface area contributed by atoms with Crippen LogP contribution in [0, 0.1) is 11.8 Å². The van der Waals surface area contributed by atoms with Crippen LogP contribution < -0.4 is 5.32 Å². The van der Waals surface area contributed by atoms with Gasteiger partial charge in [0.2, 0.25) is 5.91 Å². The third-order valence-electron chi connectivity index (χ3n) is 3.17. The average molecular weight is 241 g/mol. The van der Waals surface area contributed by atoms with E-state index in [1.807, 2.05) is 13.8 Å². The van der Waals surface area contributed by atoms with Crippen molar-refractivity contribution in [3.05, 3.63) is 0 Å². The van der Waals surface area contributed by atoms with E-state index in [9.17, 15) is 9.59 Å². The molecule has 0 aromatic heterocycles. The van der Waals surface area contributed by atoms with Crippen LogP contribution in [0.5, 0.6) is 0 Å². The smallest absolute Gasteiger partial charge is 0.224 e. The number of amides is 1. The van der Waals surface area contributed by atoms with Crippen molar-refractivity contribution in [3.8, 4) is 0 Å².